The lowest BCUT2D eigenvalue weighted by Crippen LogP contribution is -2.16. The number of benzene rings is 3. The Morgan fingerprint density at radius 3 is 2.44 bits per heavy atom. The highest BCUT2D eigenvalue weighted by molar-refractivity contribution is 7.22. The minimum absolute atomic E-state index is 0.452. The molecule has 0 aliphatic heterocycles. The number of carbonyl (C=O) groups excluding carboxylic acids is 1. The molecule has 1 N–H and O–H groups in total. The van der Waals surface area contributed by atoms with Gasteiger partial charge in [-0.25, -0.2) is 9.78 Å². The zero-order valence-corrected chi connectivity index (χ0v) is 16.1. The molecule has 7 heteroatoms. The highest BCUT2D eigenvalue weighted by atomic mass is 35.5. The minimum atomic E-state index is -0.588. The van der Waals surface area contributed by atoms with Gasteiger partial charge in [-0.15, -0.1) is 0 Å². The van der Waals surface area contributed by atoms with Crippen LogP contribution < -0.4 is 10.1 Å². The van der Waals surface area contributed by atoms with Gasteiger partial charge in [-0.1, -0.05) is 64.9 Å². The van der Waals surface area contributed by atoms with Crippen LogP contribution in [0.3, 0.4) is 0 Å². The molecule has 0 saturated heterocycles. The van der Waals surface area contributed by atoms with Gasteiger partial charge in [0.15, 0.2) is 5.13 Å². The van der Waals surface area contributed by atoms with Gasteiger partial charge in [0.1, 0.15) is 5.75 Å². The Balaban J connectivity index is 1.59. The van der Waals surface area contributed by atoms with Gasteiger partial charge in [-0.3, -0.25) is 5.32 Å². The quantitative estimate of drug-likeness (QED) is 0.397. The number of hydrogen-bond acceptors (Lipinski definition) is 4. The van der Waals surface area contributed by atoms with Crippen LogP contribution in [-0.4, -0.2) is 11.1 Å². The Morgan fingerprint density at radius 2 is 1.70 bits per heavy atom. The zero-order valence-electron chi connectivity index (χ0n) is 13.8. The van der Waals surface area contributed by atoms with Crippen LogP contribution in [0.5, 0.6) is 5.75 Å². The third-order valence-corrected chi connectivity index (χ3v) is 5.37. The number of ether oxygens (including phenoxy) is 1. The lowest BCUT2D eigenvalue weighted by molar-refractivity contribution is 0.215. The van der Waals surface area contributed by atoms with Crippen molar-refractivity contribution in [2.45, 2.75) is 0 Å². The van der Waals surface area contributed by atoms with E-state index in [0.717, 1.165) is 21.3 Å². The maximum atomic E-state index is 12.0. The van der Waals surface area contributed by atoms with Gasteiger partial charge in [0.05, 0.1) is 10.2 Å². The summed E-state index contributed by atoms with van der Waals surface area (Å²) >= 11 is 13.9. The second kappa shape index (κ2) is 7.56. The molecular formula is C20H12Cl2N2O2S. The van der Waals surface area contributed by atoms with Crippen LogP contribution in [0, 0.1) is 0 Å². The topological polar surface area (TPSA) is 51.2 Å². The summed E-state index contributed by atoms with van der Waals surface area (Å²) < 4.78 is 6.12. The third kappa shape index (κ3) is 3.90. The van der Waals surface area contributed by atoms with Gasteiger partial charge in [-0.05, 0) is 42.0 Å². The summed E-state index contributed by atoms with van der Waals surface area (Å²) in [6.07, 6.45) is -0.588. The van der Waals surface area contributed by atoms with Crippen LogP contribution in [-0.2, 0) is 0 Å². The van der Waals surface area contributed by atoms with Crippen LogP contribution in [0.1, 0.15) is 0 Å². The summed E-state index contributed by atoms with van der Waals surface area (Å²) in [5.74, 6) is 0.465. The van der Waals surface area contributed by atoms with Gasteiger partial charge < -0.3 is 4.74 Å². The summed E-state index contributed by atoms with van der Waals surface area (Å²) in [5.41, 5.74) is 2.43. The molecule has 1 heterocycles. The number of aromatic nitrogens is 1. The van der Waals surface area contributed by atoms with Crippen molar-refractivity contribution in [1.29, 1.82) is 0 Å². The number of amides is 1. The lowest BCUT2D eigenvalue weighted by atomic mass is 10.1. The maximum Gasteiger partial charge on any atom is 0.418 e. The molecule has 0 unspecified atom stereocenters. The SMILES string of the molecule is O=C(Nc1nc2ccc(-c3c(Cl)cccc3Cl)cc2s1)Oc1ccccc1. The first kappa shape index (κ1) is 17.8. The number of fused-ring (bicyclic) bond motifs is 1. The molecule has 0 spiro atoms. The number of hydrogen-bond donors (Lipinski definition) is 1. The fourth-order valence-electron chi connectivity index (χ4n) is 2.62. The van der Waals surface area contributed by atoms with E-state index in [9.17, 15) is 4.79 Å². The molecular weight excluding hydrogens is 403 g/mol. The summed E-state index contributed by atoms with van der Waals surface area (Å²) in [5, 5.41) is 4.27. The molecule has 4 rings (SSSR count). The first-order valence-corrected chi connectivity index (χ1v) is 9.56. The van der Waals surface area contributed by atoms with Gasteiger partial charge in [0, 0.05) is 15.6 Å². The third-order valence-electron chi connectivity index (χ3n) is 3.80. The summed E-state index contributed by atoms with van der Waals surface area (Å²) in [7, 11) is 0. The molecule has 3 aromatic carbocycles. The van der Waals surface area contributed by atoms with Crippen molar-refractivity contribution in [3.05, 3.63) is 76.8 Å². The Hall–Kier alpha value is -2.60. The fourth-order valence-corrected chi connectivity index (χ4v) is 4.12. The largest absolute Gasteiger partial charge is 0.418 e. The second-order valence-corrected chi connectivity index (χ2v) is 7.47. The first-order chi connectivity index (χ1) is 13.1. The fraction of sp³-hybridized carbons (Fsp3) is 0. The molecule has 0 saturated carbocycles. The van der Waals surface area contributed by atoms with E-state index in [1.54, 1.807) is 42.5 Å². The van der Waals surface area contributed by atoms with Crippen LogP contribution >= 0.6 is 34.5 Å². The van der Waals surface area contributed by atoms with Crippen LogP contribution in [0.15, 0.2) is 66.7 Å². The predicted molar refractivity (Wildman–Crippen MR) is 111 cm³/mol. The van der Waals surface area contributed by atoms with E-state index in [2.05, 4.69) is 10.3 Å². The van der Waals surface area contributed by atoms with Crippen molar-refractivity contribution >= 4 is 56.0 Å². The molecule has 0 aliphatic rings. The van der Waals surface area contributed by atoms with Crippen molar-refractivity contribution in [2.24, 2.45) is 0 Å². The molecule has 0 atom stereocenters. The minimum Gasteiger partial charge on any atom is -0.410 e. The Labute approximate surface area is 169 Å². The molecule has 134 valence electrons. The monoisotopic (exact) mass is 414 g/mol. The standard InChI is InChI=1S/C20H12Cl2N2O2S/c21-14-7-4-8-15(22)18(14)12-9-10-16-17(11-12)27-19(23-16)24-20(25)26-13-5-2-1-3-6-13/h1-11H,(H,23,24,25). The molecule has 0 aliphatic carbocycles. The number of anilines is 1. The van der Waals surface area contributed by atoms with E-state index in [1.807, 2.05) is 24.3 Å². The molecule has 27 heavy (non-hydrogen) atoms. The van der Waals surface area contributed by atoms with Crippen LogP contribution in [0.2, 0.25) is 10.0 Å². The average molecular weight is 415 g/mol. The molecule has 4 nitrogen and oxygen atoms in total. The van der Waals surface area contributed by atoms with E-state index < -0.39 is 6.09 Å². The number of thiazole rings is 1. The Bertz CT molecular complexity index is 1110. The van der Waals surface area contributed by atoms with E-state index >= 15 is 0 Å². The molecule has 4 aromatic rings. The number of rotatable bonds is 3. The number of nitrogens with one attached hydrogen (secondary N) is 1. The number of halogens is 2. The van der Waals surface area contributed by atoms with Crippen LogP contribution in [0.25, 0.3) is 21.3 Å². The molecule has 0 bridgehead atoms. The van der Waals surface area contributed by atoms with Gasteiger partial charge in [0.2, 0.25) is 0 Å². The maximum absolute atomic E-state index is 12.0. The predicted octanol–water partition coefficient (Wildman–Crippen LogP) is 6.88. The van der Waals surface area contributed by atoms with E-state index in [0.29, 0.717) is 20.9 Å². The Kier molecular flexibility index (Phi) is 4.99. The highest BCUT2D eigenvalue weighted by Crippen LogP contribution is 2.37. The average Bonchev–Trinajstić information content (AvgIpc) is 3.03. The van der Waals surface area contributed by atoms with Crippen molar-refractivity contribution < 1.29 is 9.53 Å². The molecule has 0 radical (unpaired) electrons. The normalized spacial score (nSPS) is 10.7. The van der Waals surface area contributed by atoms with Crippen molar-refractivity contribution in [3.8, 4) is 16.9 Å². The number of para-hydroxylation sites is 1. The van der Waals surface area contributed by atoms with Gasteiger partial charge in [0.25, 0.3) is 0 Å². The molecule has 1 amide bonds. The molecule has 1 aromatic heterocycles. The van der Waals surface area contributed by atoms with Crippen molar-refractivity contribution in [1.82, 2.24) is 4.98 Å². The lowest BCUT2D eigenvalue weighted by Gasteiger charge is -2.06. The highest BCUT2D eigenvalue weighted by Gasteiger charge is 2.13. The van der Waals surface area contributed by atoms with E-state index in [4.69, 9.17) is 27.9 Å². The van der Waals surface area contributed by atoms with E-state index in [-0.39, 0.29) is 0 Å². The number of nitrogens with zero attached hydrogens (tertiary/aromatic N) is 1. The van der Waals surface area contributed by atoms with Crippen molar-refractivity contribution in [3.63, 3.8) is 0 Å². The number of carbonyl (C=O) groups is 1. The van der Waals surface area contributed by atoms with Gasteiger partial charge in [-0.2, -0.15) is 0 Å². The second-order valence-electron chi connectivity index (χ2n) is 5.63. The summed E-state index contributed by atoms with van der Waals surface area (Å²) in [4.78, 5) is 16.4. The smallest absolute Gasteiger partial charge is 0.410 e. The van der Waals surface area contributed by atoms with Gasteiger partial charge >= 0.3 is 6.09 Å². The van der Waals surface area contributed by atoms with Crippen LogP contribution in [0.4, 0.5) is 9.93 Å². The zero-order chi connectivity index (χ0) is 18.8. The molecule has 0 fully saturated rings. The van der Waals surface area contributed by atoms with E-state index in [1.165, 1.54) is 11.3 Å². The summed E-state index contributed by atoms with van der Waals surface area (Å²) in [6.45, 7) is 0. The summed E-state index contributed by atoms with van der Waals surface area (Å²) in [6, 6.07) is 20.0. The van der Waals surface area contributed by atoms with Crippen molar-refractivity contribution in [2.75, 3.05) is 5.32 Å². The first-order valence-electron chi connectivity index (χ1n) is 7.99. The Morgan fingerprint density at radius 1 is 0.963 bits per heavy atom.